The molecule has 0 atom stereocenters. The van der Waals surface area contributed by atoms with E-state index in [2.05, 4.69) is 0 Å². The van der Waals surface area contributed by atoms with Gasteiger partial charge < -0.3 is 0 Å². The second-order valence-corrected chi connectivity index (χ2v) is 6.19. The van der Waals surface area contributed by atoms with Gasteiger partial charge in [0.15, 0.2) is 0 Å². The van der Waals surface area contributed by atoms with Crippen molar-refractivity contribution in [3.05, 3.63) is 90.0 Å². The lowest BCUT2D eigenvalue weighted by Gasteiger charge is -2.26. The van der Waals surface area contributed by atoms with Crippen LogP contribution in [0.2, 0.25) is 0 Å². The molecule has 2 aliphatic carbocycles. The van der Waals surface area contributed by atoms with Crippen LogP contribution in [0.5, 0.6) is 0 Å². The zero-order valence-corrected chi connectivity index (χ0v) is 13.3. The predicted octanol–water partition coefficient (Wildman–Crippen LogP) is 4.75. The molecule has 2 aromatic rings. The Labute approximate surface area is 144 Å². The van der Waals surface area contributed by atoms with E-state index >= 15 is 0 Å². The number of anilines is 1. The standard InChI is InChI=1S/C22H13NO2/c24-21-18-10-4-8-14-9-5-11-19(20(14)18)22(25)23(21)17-12-15-6-2-1-3-7-16(15)13-17/h1-13H. The SMILES string of the molecule is O=C1c2cccc3cccc(c23)C(=O)N1c1cc2cccccc-2c1. The van der Waals surface area contributed by atoms with Crippen molar-refractivity contribution in [2.24, 2.45) is 0 Å². The molecule has 0 saturated heterocycles. The molecule has 0 radical (unpaired) electrons. The molecule has 1 heterocycles. The highest BCUT2D eigenvalue weighted by atomic mass is 16.2. The Morgan fingerprint density at radius 3 is 1.72 bits per heavy atom. The molecule has 0 saturated carbocycles. The number of nitrogens with zero attached hydrogens (tertiary/aromatic N) is 1. The monoisotopic (exact) mass is 323 g/mol. The largest absolute Gasteiger partial charge is 0.268 e. The zero-order valence-electron chi connectivity index (χ0n) is 13.3. The molecular formula is C22H13NO2. The Morgan fingerprint density at radius 1 is 0.600 bits per heavy atom. The van der Waals surface area contributed by atoms with E-state index in [1.54, 1.807) is 12.1 Å². The molecule has 3 aliphatic rings. The van der Waals surface area contributed by atoms with Crippen molar-refractivity contribution < 1.29 is 9.59 Å². The van der Waals surface area contributed by atoms with Gasteiger partial charge in [0, 0.05) is 16.5 Å². The van der Waals surface area contributed by atoms with Gasteiger partial charge in [-0.15, -0.1) is 0 Å². The van der Waals surface area contributed by atoms with Crippen LogP contribution in [-0.2, 0) is 0 Å². The summed E-state index contributed by atoms with van der Waals surface area (Å²) in [5.41, 5.74) is 3.75. The third-order valence-corrected chi connectivity index (χ3v) is 4.74. The topological polar surface area (TPSA) is 37.4 Å². The lowest BCUT2D eigenvalue weighted by Crippen LogP contribution is -2.40. The second kappa shape index (κ2) is 5.02. The lowest BCUT2D eigenvalue weighted by atomic mass is 9.94. The smallest absolute Gasteiger partial charge is 0.265 e. The van der Waals surface area contributed by atoms with Crippen LogP contribution in [0.3, 0.4) is 0 Å². The molecular weight excluding hydrogens is 310 g/mol. The lowest BCUT2D eigenvalue weighted by molar-refractivity contribution is 0.0893. The van der Waals surface area contributed by atoms with E-state index in [1.807, 2.05) is 66.7 Å². The molecule has 3 nitrogen and oxygen atoms in total. The quantitative estimate of drug-likeness (QED) is 0.474. The minimum atomic E-state index is -0.269. The number of carbonyl (C=O) groups is 2. The molecule has 3 heteroatoms. The summed E-state index contributed by atoms with van der Waals surface area (Å²) < 4.78 is 0. The third kappa shape index (κ3) is 1.93. The maximum atomic E-state index is 13.1. The fraction of sp³-hybridized carbons (Fsp3) is 0. The Balaban J connectivity index is 1.75. The number of benzene rings is 2. The molecule has 2 aromatic carbocycles. The third-order valence-electron chi connectivity index (χ3n) is 4.74. The number of carbonyl (C=O) groups excluding carboxylic acids is 2. The van der Waals surface area contributed by atoms with Crippen molar-refractivity contribution in [3.8, 4) is 11.1 Å². The van der Waals surface area contributed by atoms with Crippen LogP contribution < -0.4 is 4.90 Å². The van der Waals surface area contributed by atoms with E-state index in [9.17, 15) is 9.59 Å². The number of fused-ring (bicyclic) bond motifs is 1. The van der Waals surface area contributed by atoms with Gasteiger partial charge in [0.2, 0.25) is 0 Å². The maximum absolute atomic E-state index is 13.1. The van der Waals surface area contributed by atoms with Gasteiger partial charge in [0.05, 0.1) is 5.69 Å². The van der Waals surface area contributed by atoms with Crippen LogP contribution in [0.25, 0.3) is 21.9 Å². The van der Waals surface area contributed by atoms with Crippen molar-refractivity contribution in [2.45, 2.75) is 0 Å². The van der Waals surface area contributed by atoms with Gasteiger partial charge in [-0.25, -0.2) is 4.90 Å². The average Bonchev–Trinajstić information content (AvgIpc) is 2.89. The van der Waals surface area contributed by atoms with E-state index in [4.69, 9.17) is 0 Å². The molecule has 2 amide bonds. The van der Waals surface area contributed by atoms with Gasteiger partial charge >= 0.3 is 0 Å². The van der Waals surface area contributed by atoms with Crippen molar-refractivity contribution in [3.63, 3.8) is 0 Å². The molecule has 0 aromatic heterocycles. The average molecular weight is 323 g/mol. The van der Waals surface area contributed by atoms with Crippen LogP contribution in [0.4, 0.5) is 5.69 Å². The van der Waals surface area contributed by atoms with E-state index in [-0.39, 0.29) is 11.8 Å². The van der Waals surface area contributed by atoms with E-state index in [0.29, 0.717) is 16.8 Å². The molecule has 1 aliphatic heterocycles. The molecule has 25 heavy (non-hydrogen) atoms. The normalized spacial score (nSPS) is 13.7. The van der Waals surface area contributed by atoms with Crippen molar-refractivity contribution in [1.29, 1.82) is 0 Å². The van der Waals surface area contributed by atoms with Crippen LogP contribution in [0.1, 0.15) is 20.7 Å². The minimum Gasteiger partial charge on any atom is -0.268 e. The summed E-state index contributed by atoms with van der Waals surface area (Å²) in [6.07, 6.45) is 0. The zero-order chi connectivity index (χ0) is 17.0. The molecule has 5 rings (SSSR count). The highest BCUT2D eigenvalue weighted by molar-refractivity contribution is 6.36. The Kier molecular flexibility index (Phi) is 2.80. The van der Waals surface area contributed by atoms with Crippen LogP contribution >= 0.6 is 0 Å². The second-order valence-electron chi connectivity index (χ2n) is 6.19. The number of hydrogen-bond acceptors (Lipinski definition) is 2. The Bertz CT molecular complexity index is 1060. The van der Waals surface area contributed by atoms with Gasteiger partial charge in [0.1, 0.15) is 0 Å². The molecule has 0 bridgehead atoms. The number of imide groups is 1. The highest BCUT2D eigenvalue weighted by Gasteiger charge is 2.34. The maximum Gasteiger partial charge on any atom is 0.265 e. The van der Waals surface area contributed by atoms with Crippen LogP contribution in [0.15, 0.2) is 78.9 Å². The van der Waals surface area contributed by atoms with Crippen LogP contribution in [0, 0.1) is 0 Å². The van der Waals surface area contributed by atoms with Gasteiger partial charge in [-0.05, 0) is 40.8 Å². The summed E-state index contributed by atoms with van der Waals surface area (Å²) in [4.78, 5) is 27.4. The summed E-state index contributed by atoms with van der Waals surface area (Å²) in [5.74, 6) is -0.539. The number of hydrogen-bond donors (Lipinski definition) is 0. The first-order valence-corrected chi connectivity index (χ1v) is 8.13. The van der Waals surface area contributed by atoms with Gasteiger partial charge in [0.25, 0.3) is 11.8 Å². The van der Waals surface area contributed by atoms with E-state index < -0.39 is 0 Å². The van der Waals surface area contributed by atoms with Crippen LogP contribution in [-0.4, -0.2) is 11.8 Å². The minimum absolute atomic E-state index is 0.269. The molecule has 0 fully saturated rings. The van der Waals surface area contributed by atoms with E-state index in [1.165, 1.54) is 4.90 Å². The summed E-state index contributed by atoms with van der Waals surface area (Å²) in [5, 5.41) is 1.66. The summed E-state index contributed by atoms with van der Waals surface area (Å²) in [6, 6.07) is 24.7. The predicted molar refractivity (Wildman–Crippen MR) is 98.2 cm³/mol. The van der Waals surface area contributed by atoms with Crippen molar-refractivity contribution >= 4 is 28.3 Å². The summed E-state index contributed by atoms with van der Waals surface area (Å²) in [7, 11) is 0. The number of rotatable bonds is 1. The summed E-state index contributed by atoms with van der Waals surface area (Å²) >= 11 is 0. The first-order chi connectivity index (χ1) is 12.2. The Morgan fingerprint density at radius 2 is 1.16 bits per heavy atom. The molecule has 0 N–H and O–H groups in total. The first kappa shape index (κ1) is 13.9. The van der Waals surface area contributed by atoms with Crippen molar-refractivity contribution in [1.82, 2.24) is 0 Å². The van der Waals surface area contributed by atoms with Gasteiger partial charge in [-0.3, -0.25) is 9.59 Å². The van der Waals surface area contributed by atoms with E-state index in [0.717, 1.165) is 21.9 Å². The first-order valence-electron chi connectivity index (χ1n) is 8.13. The highest BCUT2D eigenvalue weighted by Crippen LogP contribution is 2.36. The fourth-order valence-corrected chi connectivity index (χ4v) is 3.59. The molecule has 0 unspecified atom stereocenters. The Hall–Kier alpha value is -3.46. The molecule has 0 spiro atoms. The fourth-order valence-electron chi connectivity index (χ4n) is 3.59. The van der Waals surface area contributed by atoms with Crippen molar-refractivity contribution in [2.75, 3.05) is 4.90 Å². The number of amides is 2. The van der Waals surface area contributed by atoms with Gasteiger partial charge in [-0.2, -0.15) is 0 Å². The molecule has 118 valence electrons. The summed E-state index contributed by atoms with van der Waals surface area (Å²) in [6.45, 7) is 0. The van der Waals surface area contributed by atoms with Gasteiger partial charge in [-0.1, -0.05) is 54.6 Å².